The van der Waals surface area contributed by atoms with Crippen LogP contribution in [0.15, 0.2) is 30.3 Å². The third-order valence-electron chi connectivity index (χ3n) is 4.06. The van der Waals surface area contributed by atoms with Crippen LogP contribution in [0.1, 0.15) is 51.4 Å². The molecule has 0 spiro atoms. The summed E-state index contributed by atoms with van der Waals surface area (Å²) < 4.78 is 0. The third-order valence-corrected chi connectivity index (χ3v) is 7.75. The summed E-state index contributed by atoms with van der Waals surface area (Å²) in [6.07, 6.45) is 12.7. The van der Waals surface area contributed by atoms with Crippen LogP contribution < -0.4 is 22.3 Å². The van der Waals surface area contributed by atoms with Crippen LogP contribution in [-0.2, 0) is 0 Å². The molecule has 0 fully saturated rings. The fourth-order valence-electron chi connectivity index (χ4n) is 2.62. The van der Waals surface area contributed by atoms with E-state index in [4.69, 9.17) is 0 Å². The zero-order valence-corrected chi connectivity index (χ0v) is 17.7. The average molecular weight is 438 g/mol. The SMILES string of the molecule is C[P+](C)(CCCCCCCCCCBr)c1ccccc1.[Br-]. The van der Waals surface area contributed by atoms with Crippen molar-refractivity contribution in [3.05, 3.63) is 30.3 Å². The summed E-state index contributed by atoms with van der Waals surface area (Å²) in [5.74, 6) is 0. The summed E-state index contributed by atoms with van der Waals surface area (Å²) >= 11 is 3.49. The van der Waals surface area contributed by atoms with Gasteiger partial charge in [0.1, 0.15) is 0 Å². The van der Waals surface area contributed by atoms with Crippen molar-refractivity contribution < 1.29 is 17.0 Å². The molecule has 3 heteroatoms. The lowest BCUT2D eigenvalue weighted by atomic mass is 10.1. The number of halogens is 2. The summed E-state index contributed by atoms with van der Waals surface area (Å²) in [5, 5.41) is 2.76. The van der Waals surface area contributed by atoms with E-state index in [0.29, 0.717) is 0 Å². The highest BCUT2D eigenvalue weighted by Crippen LogP contribution is 2.50. The lowest BCUT2D eigenvalue weighted by Crippen LogP contribution is -3.00. The van der Waals surface area contributed by atoms with Crippen LogP contribution >= 0.6 is 23.2 Å². The zero-order chi connectivity index (χ0) is 14.7. The Morgan fingerprint density at radius 1 is 0.762 bits per heavy atom. The molecule has 0 aliphatic carbocycles. The lowest BCUT2D eigenvalue weighted by Gasteiger charge is -2.17. The van der Waals surface area contributed by atoms with E-state index in [0.717, 1.165) is 0 Å². The molecular formula is C18H31Br2P. The molecular weight excluding hydrogens is 407 g/mol. The predicted octanol–water partition coefficient (Wildman–Crippen LogP) is 3.11. The van der Waals surface area contributed by atoms with Gasteiger partial charge in [-0.2, -0.15) is 0 Å². The van der Waals surface area contributed by atoms with Gasteiger partial charge >= 0.3 is 0 Å². The Hall–Kier alpha value is 0.610. The van der Waals surface area contributed by atoms with Gasteiger partial charge in [0.25, 0.3) is 0 Å². The van der Waals surface area contributed by atoms with Gasteiger partial charge in [0.15, 0.2) is 0 Å². The molecule has 1 rings (SSSR count). The van der Waals surface area contributed by atoms with E-state index >= 15 is 0 Å². The molecule has 0 aliphatic heterocycles. The fraction of sp³-hybridized carbons (Fsp3) is 0.667. The third kappa shape index (κ3) is 10.1. The highest BCUT2D eigenvalue weighted by atomic mass is 79.9. The number of hydrogen-bond acceptors (Lipinski definition) is 0. The van der Waals surface area contributed by atoms with Gasteiger partial charge in [0, 0.05) is 12.6 Å². The molecule has 0 heterocycles. The monoisotopic (exact) mass is 436 g/mol. The maximum absolute atomic E-state index is 3.49. The van der Waals surface area contributed by atoms with Crippen LogP contribution in [0.4, 0.5) is 0 Å². The average Bonchev–Trinajstić information content (AvgIpc) is 2.46. The first-order valence-corrected chi connectivity index (χ1v) is 12.1. The van der Waals surface area contributed by atoms with Gasteiger partial charge < -0.3 is 17.0 Å². The first-order valence-electron chi connectivity index (χ1n) is 8.11. The van der Waals surface area contributed by atoms with E-state index in [-0.39, 0.29) is 17.0 Å². The Balaban J connectivity index is 0.00000400. The van der Waals surface area contributed by atoms with Gasteiger partial charge in [-0.05, 0) is 31.4 Å². The van der Waals surface area contributed by atoms with E-state index in [1.165, 1.54) is 62.9 Å². The summed E-state index contributed by atoms with van der Waals surface area (Å²) in [4.78, 5) is 0. The Morgan fingerprint density at radius 3 is 1.76 bits per heavy atom. The molecule has 1 aromatic rings. The van der Waals surface area contributed by atoms with Gasteiger partial charge in [0.05, 0.1) is 24.8 Å². The van der Waals surface area contributed by atoms with Crippen LogP contribution in [0.2, 0.25) is 0 Å². The van der Waals surface area contributed by atoms with Crippen molar-refractivity contribution in [2.24, 2.45) is 0 Å². The number of rotatable bonds is 11. The quantitative estimate of drug-likeness (QED) is 0.283. The Kier molecular flexibility index (Phi) is 13.5. The molecule has 0 bridgehead atoms. The highest BCUT2D eigenvalue weighted by molar-refractivity contribution is 9.09. The summed E-state index contributed by atoms with van der Waals surface area (Å²) in [7, 11) is -0.870. The molecule has 0 aliphatic rings. The van der Waals surface area contributed by atoms with Crippen molar-refractivity contribution >= 4 is 28.5 Å². The van der Waals surface area contributed by atoms with Gasteiger partial charge in [-0.15, -0.1) is 0 Å². The molecule has 0 radical (unpaired) electrons. The number of hydrogen-bond donors (Lipinski definition) is 0. The summed E-state index contributed by atoms with van der Waals surface area (Å²) in [5.41, 5.74) is 0. The molecule has 0 saturated carbocycles. The molecule has 0 amide bonds. The van der Waals surface area contributed by atoms with E-state index in [1.807, 2.05) is 0 Å². The van der Waals surface area contributed by atoms with Crippen molar-refractivity contribution in [3.8, 4) is 0 Å². The maximum Gasteiger partial charge on any atom is 0.0933 e. The van der Waals surface area contributed by atoms with Crippen LogP contribution in [0.3, 0.4) is 0 Å². The number of benzene rings is 1. The van der Waals surface area contributed by atoms with E-state index in [9.17, 15) is 0 Å². The van der Waals surface area contributed by atoms with E-state index in [1.54, 1.807) is 5.30 Å². The Labute approximate surface area is 151 Å². The highest BCUT2D eigenvalue weighted by Gasteiger charge is 2.26. The Morgan fingerprint density at radius 2 is 1.24 bits per heavy atom. The van der Waals surface area contributed by atoms with Crippen molar-refractivity contribution in [1.29, 1.82) is 0 Å². The fourth-order valence-corrected chi connectivity index (χ4v) is 5.27. The van der Waals surface area contributed by atoms with Gasteiger partial charge in [-0.3, -0.25) is 0 Å². The second-order valence-electron chi connectivity index (χ2n) is 6.26. The standard InChI is InChI=1S/C18H31BrP.BrH/c1-20(2,18-14-10-9-11-15-18)17-13-8-6-4-3-5-7-12-16-19;/h9-11,14-15H,3-8,12-13,16-17H2,1-2H3;1H/q+1;/p-1. The smallest absolute Gasteiger partial charge is 0.0933 e. The molecule has 0 aromatic heterocycles. The molecule has 21 heavy (non-hydrogen) atoms. The molecule has 0 nitrogen and oxygen atoms in total. The van der Waals surface area contributed by atoms with Gasteiger partial charge in [-0.25, -0.2) is 0 Å². The van der Waals surface area contributed by atoms with Crippen molar-refractivity contribution in [1.82, 2.24) is 0 Å². The van der Waals surface area contributed by atoms with Crippen LogP contribution in [0, 0.1) is 0 Å². The normalized spacial score (nSPS) is 11.2. The van der Waals surface area contributed by atoms with E-state index < -0.39 is 7.26 Å². The number of alkyl halides is 1. The lowest BCUT2D eigenvalue weighted by molar-refractivity contribution is -0.00000428. The molecule has 0 saturated heterocycles. The molecule has 0 N–H and O–H groups in total. The second-order valence-corrected chi connectivity index (χ2v) is 11.4. The molecule has 1 aromatic carbocycles. The minimum atomic E-state index is -0.870. The molecule has 0 unspecified atom stereocenters. The first-order chi connectivity index (χ1) is 9.67. The maximum atomic E-state index is 3.49. The van der Waals surface area contributed by atoms with Gasteiger partial charge in [-0.1, -0.05) is 66.2 Å². The predicted molar refractivity (Wildman–Crippen MR) is 100 cm³/mol. The van der Waals surface area contributed by atoms with Crippen LogP contribution in [0.5, 0.6) is 0 Å². The largest absolute Gasteiger partial charge is 1.00 e. The second kappa shape index (κ2) is 13.1. The van der Waals surface area contributed by atoms with Gasteiger partial charge in [0.2, 0.25) is 0 Å². The minimum absolute atomic E-state index is 0. The topological polar surface area (TPSA) is 0 Å². The Bertz CT molecular complexity index is 338. The molecule has 0 atom stereocenters. The summed E-state index contributed by atoms with van der Waals surface area (Å²) in [6, 6.07) is 11.1. The first kappa shape index (κ1) is 21.6. The van der Waals surface area contributed by atoms with Crippen LogP contribution in [-0.4, -0.2) is 24.8 Å². The van der Waals surface area contributed by atoms with Crippen molar-refractivity contribution in [2.45, 2.75) is 51.4 Å². The van der Waals surface area contributed by atoms with Crippen molar-refractivity contribution in [3.63, 3.8) is 0 Å². The van der Waals surface area contributed by atoms with E-state index in [2.05, 4.69) is 59.6 Å². The minimum Gasteiger partial charge on any atom is -1.00 e. The van der Waals surface area contributed by atoms with Crippen LogP contribution in [0.25, 0.3) is 0 Å². The summed E-state index contributed by atoms with van der Waals surface area (Å²) in [6.45, 7) is 4.98. The van der Waals surface area contributed by atoms with Crippen molar-refractivity contribution in [2.75, 3.05) is 24.8 Å². The molecule has 122 valence electrons. The zero-order valence-electron chi connectivity index (χ0n) is 13.7. The number of unbranched alkanes of at least 4 members (excludes halogenated alkanes) is 7.